The summed E-state index contributed by atoms with van der Waals surface area (Å²) in [5, 5.41) is 0. The number of benzene rings is 1. The first-order valence-electron chi connectivity index (χ1n) is 8.41. The van der Waals surface area contributed by atoms with Gasteiger partial charge in [0.2, 0.25) is 0 Å². The molecule has 2 heteroatoms. The first-order valence-corrected chi connectivity index (χ1v) is 10.0. The second kappa shape index (κ2) is 7.43. The fourth-order valence-electron chi connectivity index (χ4n) is 2.82. The van der Waals surface area contributed by atoms with Crippen LogP contribution in [0.15, 0.2) is 36.4 Å². The average Bonchev–Trinajstić information content (AvgIpc) is 3.07. The van der Waals surface area contributed by atoms with Crippen LogP contribution in [0.3, 0.4) is 0 Å². The van der Waals surface area contributed by atoms with Crippen molar-refractivity contribution in [1.29, 1.82) is 0 Å². The zero-order valence-electron chi connectivity index (χ0n) is 13.5. The van der Waals surface area contributed by atoms with Crippen molar-refractivity contribution in [3.63, 3.8) is 0 Å². The average molecular weight is 329 g/mol. The monoisotopic (exact) mass is 328 g/mol. The largest absolute Gasteiger partial charge is 0.139 e. The van der Waals surface area contributed by atoms with Crippen molar-refractivity contribution in [2.45, 2.75) is 52.4 Å². The highest BCUT2D eigenvalue weighted by Crippen LogP contribution is 2.38. The van der Waals surface area contributed by atoms with Gasteiger partial charge in [-0.1, -0.05) is 57.4 Å². The van der Waals surface area contributed by atoms with Gasteiger partial charge in [0.15, 0.2) is 0 Å². The molecule has 22 heavy (non-hydrogen) atoms. The molecule has 0 aliphatic rings. The third-order valence-electron chi connectivity index (χ3n) is 4.06. The maximum absolute atomic E-state index is 2.41. The number of thiophene rings is 2. The summed E-state index contributed by atoms with van der Waals surface area (Å²) < 4.78 is 2.92. The molecule has 0 saturated carbocycles. The minimum atomic E-state index is 1.18. The van der Waals surface area contributed by atoms with Crippen LogP contribution in [0.1, 0.15) is 50.0 Å². The van der Waals surface area contributed by atoms with E-state index in [1.165, 1.54) is 63.9 Å². The summed E-state index contributed by atoms with van der Waals surface area (Å²) in [4.78, 5) is 2.96. The van der Waals surface area contributed by atoms with E-state index in [4.69, 9.17) is 0 Å². The molecular formula is C20H24S2. The van der Waals surface area contributed by atoms with Crippen molar-refractivity contribution >= 4 is 32.1 Å². The molecule has 116 valence electrons. The van der Waals surface area contributed by atoms with Gasteiger partial charge in [0.1, 0.15) is 0 Å². The molecule has 0 amide bonds. The van der Waals surface area contributed by atoms with Crippen LogP contribution in [0.25, 0.3) is 19.8 Å². The Morgan fingerprint density at radius 1 is 0.773 bits per heavy atom. The number of rotatable bonds is 7. The highest BCUT2D eigenvalue weighted by atomic mass is 32.1. The lowest BCUT2D eigenvalue weighted by Gasteiger charge is -2.01. The molecule has 0 unspecified atom stereocenters. The summed E-state index contributed by atoms with van der Waals surface area (Å²) in [7, 11) is 0. The zero-order valence-corrected chi connectivity index (χ0v) is 15.2. The van der Waals surface area contributed by atoms with Gasteiger partial charge in [0.25, 0.3) is 0 Å². The van der Waals surface area contributed by atoms with Gasteiger partial charge in [-0.25, -0.2) is 0 Å². The highest BCUT2D eigenvalue weighted by Gasteiger charge is 2.08. The molecule has 0 saturated heterocycles. The number of unbranched alkanes of at least 4 members (excludes halogenated alkanes) is 2. The van der Waals surface area contributed by atoms with Crippen LogP contribution < -0.4 is 0 Å². The molecule has 2 heterocycles. The van der Waals surface area contributed by atoms with Crippen LogP contribution in [-0.4, -0.2) is 0 Å². The molecule has 0 aliphatic carbocycles. The summed E-state index contributed by atoms with van der Waals surface area (Å²) in [6.45, 7) is 4.50. The quantitative estimate of drug-likeness (QED) is 0.399. The van der Waals surface area contributed by atoms with Gasteiger partial charge in [-0.2, -0.15) is 0 Å². The van der Waals surface area contributed by atoms with Gasteiger partial charge in [0, 0.05) is 19.2 Å². The fourth-order valence-corrected chi connectivity index (χ4v) is 5.29. The lowest BCUT2D eigenvalue weighted by molar-refractivity contribution is 0.723. The molecular weight excluding hydrogens is 304 g/mol. The predicted octanol–water partition coefficient (Wildman–Crippen LogP) is 7.32. The second-order valence-corrected chi connectivity index (χ2v) is 8.21. The third-order valence-corrected chi connectivity index (χ3v) is 6.46. The first-order chi connectivity index (χ1) is 10.8. The molecule has 0 atom stereocenters. The van der Waals surface area contributed by atoms with Crippen molar-refractivity contribution in [1.82, 2.24) is 0 Å². The van der Waals surface area contributed by atoms with Crippen molar-refractivity contribution < 1.29 is 0 Å². The molecule has 0 nitrogen and oxygen atoms in total. The van der Waals surface area contributed by atoms with Crippen LogP contribution in [-0.2, 0) is 12.8 Å². The lowest BCUT2D eigenvalue weighted by atomic mass is 10.1. The molecule has 0 bridgehead atoms. The van der Waals surface area contributed by atoms with E-state index in [9.17, 15) is 0 Å². The summed E-state index contributed by atoms with van der Waals surface area (Å²) >= 11 is 3.92. The van der Waals surface area contributed by atoms with Gasteiger partial charge < -0.3 is 0 Å². The van der Waals surface area contributed by atoms with E-state index in [0.29, 0.717) is 0 Å². The fraction of sp³-hybridized carbons (Fsp3) is 0.400. The Bertz CT molecular complexity index is 684. The minimum Gasteiger partial charge on any atom is -0.139 e. The Kier molecular flexibility index (Phi) is 5.32. The van der Waals surface area contributed by atoms with E-state index in [0.717, 1.165) is 0 Å². The molecule has 0 radical (unpaired) electrons. The minimum absolute atomic E-state index is 1.18. The third kappa shape index (κ3) is 3.61. The van der Waals surface area contributed by atoms with Crippen molar-refractivity contribution in [2.75, 3.05) is 0 Å². The number of hydrogen-bond acceptors (Lipinski definition) is 2. The standard InChI is InChI=1S/C20H24S2/c1-3-5-6-8-17-13-19-20(21-17)14-18(22-19)16-11-9-15(7-4-2)10-12-16/h9-14H,3-8H2,1-2H3. The predicted molar refractivity (Wildman–Crippen MR) is 102 cm³/mol. The van der Waals surface area contributed by atoms with Crippen LogP contribution in [0.5, 0.6) is 0 Å². The van der Waals surface area contributed by atoms with Crippen molar-refractivity contribution in [3.05, 3.63) is 46.8 Å². The molecule has 1 aromatic carbocycles. The van der Waals surface area contributed by atoms with Crippen LogP contribution in [0.4, 0.5) is 0 Å². The summed E-state index contributed by atoms with van der Waals surface area (Å²) in [6, 6.07) is 13.9. The van der Waals surface area contributed by atoms with Gasteiger partial charge in [-0.3, -0.25) is 0 Å². The summed E-state index contributed by atoms with van der Waals surface area (Å²) in [5.74, 6) is 0. The number of fused-ring (bicyclic) bond motifs is 1. The van der Waals surface area contributed by atoms with E-state index < -0.39 is 0 Å². The topological polar surface area (TPSA) is 0 Å². The normalized spacial score (nSPS) is 11.4. The molecule has 0 spiro atoms. The summed E-state index contributed by atoms with van der Waals surface area (Å²) in [5.41, 5.74) is 2.81. The maximum Gasteiger partial charge on any atom is 0.0460 e. The molecule has 3 rings (SSSR count). The van der Waals surface area contributed by atoms with E-state index in [-0.39, 0.29) is 0 Å². The summed E-state index contributed by atoms with van der Waals surface area (Å²) in [6.07, 6.45) is 7.63. The van der Waals surface area contributed by atoms with Crippen molar-refractivity contribution in [3.8, 4) is 10.4 Å². The lowest BCUT2D eigenvalue weighted by Crippen LogP contribution is -1.82. The maximum atomic E-state index is 2.41. The Balaban J connectivity index is 1.75. The Hall–Kier alpha value is -1.12. The molecule has 3 aromatic rings. The number of hydrogen-bond donors (Lipinski definition) is 0. The van der Waals surface area contributed by atoms with Gasteiger partial charge in [-0.05, 0) is 42.5 Å². The molecule has 0 aliphatic heterocycles. The Morgan fingerprint density at radius 3 is 2.23 bits per heavy atom. The molecule has 0 N–H and O–H groups in total. The van der Waals surface area contributed by atoms with E-state index in [1.807, 2.05) is 22.7 Å². The van der Waals surface area contributed by atoms with Crippen molar-refractivity contribution in [2.24, 2.45) is 0 Å². The second-order valence-electron chi connectivity index (χ2n) is 5.96. The van der Waals surface area contributed by atoms with Gasteiger partial charge in [0.05, 0.1) is 0 Å². The highest BCUT2D eigenvalue weighted by molar-refractivity contribution is 7.29. The van der Waals surface area contributed by atoms with Crippen LogP contribution in [0.2, 0.25) is 0 Å². The first kappa shape index (κ1) is 15.8. The smallest absolute Gasteiger partial charge is 0.0460 e. The van der Waals surface area contributed by atoms with Gasteiger partial charge in [-0.15, -0.1) is 22.7 Å². The van der Waals surface area contributed by atoms with Crippen LogP contribution in [0, 0.1) is 0 Å². The SMILES string of the molecule is CCCCCc1cc2sc(-c3ccc(CCC)cc3)cc2s1. The zero-order chi connectivity index (χ0) is 15.4. The van der Waals surface area contributed by atoms with Gasteiger partial charge >= 0.3 is 0 Å². The van der Waals surface area contributed by atoms with E-state index in [1.54, 1.807) is 4.88 Å². The van der Waals surface area contributed by atoms with E-state index in [2.05, 4.69) is 50.2 Å². The molecule has 0 fully saturated rings. The Labute approximate surface area is 141 Å². The van der Waals surface area contributed by atoms with Crippen LogP contribution >= 0.6 is 22.7 Å². The number of aryl methyl sites for hydroxylation is 2. The molecule has 2 aromatic heterocycles. The Morgan fingerprint density at radius 2 is 1.55 bits per heavy atom. The van der Waals surface area contributed by atoms with E-state index >= 15 is 0 Å².